The second-order valence-electron chi connectivity index (χ2n) is 8.04. The third-order valence-electron chi connectivity index (χ3n) is 5.96. The molecule has 0 spiro atoms. The first-order valence-corrected chi connectivity index (χ1v) is 13.2. The van der Waals surface area contributed by atoms with Crippen molar-refractivity contribution in [1.82, 2.24) is 8.87 Å². The Morgan fingerprint density at radius 1 is 1.17 bits per heavy atom. The fourth-order valence-electron chi connectivity index (χ4n) is 4.07. The summed E-state index contributed by atoms with van der Waals surface area (Å²) in [5.74, 6) is -0.0159. The van der Waals surface area contributed by atoms with Crippen LogP contribution in [0, 0.1) is 11.7 Å². The number of allylic oxidation sites excluding steroid dienone is 1. The Bertz CT molecular complexity index is 1420. The van der Waals surface area contributed by atoms with E-state index in [9.17, 15) is 17.6 Å². The molecule has 2 heterocycles. The molecule has 4 rings (SSSR count). The zero-order valence-corrected chi connectivity index (χ0v) is 21.1. The number of fused-ring (bicyclic) bond motifs is 1. The number of hydrogen-bond acceptors (Lipinski definition) is 6. The van der Waals surface area contributed by atoms with Crippen LogP contribution in [0.2, 0.25) is 0 Å². The summed E-state index contributed by atoms with van der Waals surface area (Å²) < 4.78 is 53.8. The molecule has 1 aliphatic heterocycles. The lowest BCUT2D eigenvalue weighted by molar-refractivity contribution is -0.122. The van der Waals surface area contributed by atoms with Gasteiger partial charge in [0.15, 0.2) is 16.3 Å². The van der Waals surface area contributed by atoms with Crippen molar-refractivity contribution in [2.24, 2.45) is 10.9 Å². The Hall–Kier alpha value is -3.02. The van der Waals surface area contributed by atoms with Crippen molar-refractivity contribution in [1.29, 1.82) is 0 Å². The van der Waals surface area contributed by atoms with Gasteiger partial charge in [0.05, 0.1) is 29.3 Å². The molecule has 1 aromatic heterocycles. The minimum absolute atomic E-state index is 0.0370. The number of nitrogens with zero attached hydrogens (tertiary/aromatic N) is 3. The summed E-state index contributed by atoms with van der Waals surface area (Å²) in [6, 6.07) is 8.44. The number of hydrogen-bond donors (Lipinski definition) is 0. The first-order valence-electron chi connectivity index (χ1n) is 11.0. The zero-order chi connectivity index (χ0) is 25.2. The number of ether oxygens (including phenoxy) is 2. The number of aromatic nitrogens is 1. The molecule has 0 aliphatic carbocycles. The third-order valence-corrected chi connectivity index (χ3v) is 8.91. The van der Waals surface area contributed by atoms with Gasteiger partial charge in [0.2, 0.25) is 10.0 Å². The lowest BCUT2D eigenvalue weighted by Crippen LogP contribution is -2.40. The number of carbonyl (C=O) groups excluding carboxylic acids is 1. The summed E-state index contributed by atoms with van der Waals surface area (Å²) >= 11 is 1.36. The van der Waals surface area contributed by atoms with Crippen molar-refractivity contribution < 1.29 is 27.1 Å². The number of amides is 1. The molecule has 0 bridgehead atoms. The predicted molar refractivity (Wildman–Crippen MR) is 132 cm³/mol. The summed E-state index contributed by atoms with van der Waals surface area (Å²) in [5.41, 5.74) is 0.847. The number of rotatable bonds is 7. The van der Waals surface area contributed by atoms with Crippen LogP contribution in [0.15, 0.2) is 58.9 Å². The molecule has 2 aromatic carbocycles. The molecular formula is C24H26FN3O5S2. The molecule has 1 fully saturated rings. The highest BCUT2D eigenvalue weighted by atomic mass is 32.2. The Morgan fingerprint density at radius 3 is 2.40 bits per heavy atom. The minimum Gasteiger partial charge on any atom is -0.493 e. The van der Waals surface area contributed by atoms with Crippen molar-refractivity contribution in [3.63, 3.8) is 0 Å². The normalized spacial score (nSPS) is 15.9. The predicted octanol–water partition coefficient (Wildman–Crippen LogP) is 3.57. The number of benzene rings is 2. The monoisotopic (exact) mass is 519 g/mol. The van der Waals surface area contributed by atoms with E-state index in [4.69, 9.17) is 9.47 Å². The highest BCUT2D eigenvalue weighted by molar-refractivity contribution is 7.89. The van der Waals surface area contributed by atoms with Gasteiger partial charge in [-0.3, -0.25) is 4.79 Å². The lowest BCUT2D eigenvalue weighted by atomic mass is 9.98. The number of sulfonamides is 1. The Labute approximate surface area is 207 Å². The summed E-state index contributed by atoms with van der Waals surface area (Å²) in [6.45, 7) is 4.65. The standard InChI is InChI=1S/C24H26FN3O5S2/c1-4-11-28-19-14-20(32-2)21(33-3)15-22(19)34-24(28)26-23(29)16-9-12-27(13-10-16)35(30,31)18-7-5-17(25)6-8-18/h4-8,14-16H,1,9-13H2,2-3H3. The number of halogens is 1. The molecule has 0 radical (unpaired) electrons. The van der Waals surface area contributed by atoms with Crippen molar-refractivity contribution in [3.05, 3.63) is 59.7 Å². The Balaban J connectivity index is 1.57. The number of carbonyl (C=O) groups is 1. The van der Waals surface area contributed by atoms with Crippen LogP contribution in [-0.4, -0.2) is 50.5 Å². The van der Waals surface area contributed by atoms with Crippen LogP contribution in [-0.2, 0) is 21.4 Å². The van der Waals surface area contributed by atoms with Gasteiger partial charge >= 0.3 is 0 Å². The van der Waals surface area contributed by atoms with Gasteiger partial charge in [0.1, 0.15) is 5.82 Å². The van der Waals surface area contributed by atoms with Gasteiger partial charge < -0.3 is 14.0 Å². The molecule has 35 heavy (non-hydrogen) atoms. The average Bonchev–Trinajstić information content (AvgIpc) is 3.19. The highest BCUT2D eigenvalue weighted by Gasteiger charge is 2.32. The van der Waals surface area contributed by atoms with Gasteiger partial charge in [-0.15, -0.1) is 6.58 Å². The molecule has 8 nitrogen and oxygen atoms in total. The van der Waals surface area contributed by atoms with E-state index in [1.807, 2.05) is 16.7 Å². The van der Waals surface area contributed by atoms with Gasteiger partial charge in [0, 0.05) is 37.7 Å². The molecule has 0 N–H and O–H groups in total. The summed E-state index contributed by atoms with van der Waals surface area (Å²) in [6.07, 6.45) is 2.44. The highest BCUT2D eigenvalue weighted by Crippen LogP contribution is 2.33. The van der Waals surface area contributed by atoms with Gasteiger partial charge in [0.25, 0.3) is 5.91 Å². The first-order chi connectivity index (χ1) is 16.8. The third kappa shape index (κ3) is 5.02. The van der Waals surface area contributed by atoms with E-state index in [0.29, 0.717) is 35.7 Å². The van der Waals surface area contributed by atoms with Crippen LogP contribution in [0.3, 0.4) is 0 Å². The molecule has 0 saturated carbocycles. The second kappa shape index (κ2) is 10.3. The van der Waals surface area contributed by atoms with Crippen molar-refractivity contribution in [3.8, 4) is 11.5 Å². The van der Waals surface area contributed by atoms with Gasteiger partial charge in [-0.05, 0) is 37.1 Å². The lowest BCUT2D eigenvalue weighted by Gasteiger charge is -2.29. The van der Waals surface area contributed by atoms with Crippen LogP contribution >= 0.6 is 11.3 Å². The smallest absolute Gasteiger partial charge is 0.251 e. The van der Waals surface area contributed by atoms with Crippen molar-refractivity contribution >= 4 is 37.5 Å². The van der Waals surface area contributed by atoms with E-state index in [2.05, 4.69) is 11.6 Å². The summed E-state index contributed by atoms with van der Waals surface area (Å²) in [4.78, 5) is 18.0. The fraction of sp³-hybridized carbons (Fsp3) is 0.333. The van der Waals surface area contributed by atoms with E-state index < -0.39 is 15.8 Å². The van der Waals surface area contributed by atoms with Crippen LogP contribution in [0.5, 0.6) is 11.5 Å². The molecule has 3 aromatic rings. The molecule has 1 aliphatic rings. The molecule has 186 valence electrons. The zero-order valence-electron chi connectivity index (χ0n) is 19.4. The number of methoxy groups -OCH3 is 2. The van der Waals surface area contributed by atoms with Crippen LogP contribution < -0.4 is 14.3 Å². The molecule has 1 saturated heterocycles. The van der Waals surface area contributed by atoms with E-state index in [1.54, 1.807) is 20.3 Å². The van der Waals surface area contributed by atoms with Gasteiger partial charge in [-0.25, -0.2) is 12.8 Å². The first kappa shape index (κ1) is 25.1. The fourth-order valence-corrected chi connectivity index (χ4v) is 6.60. The van der Waals surface area contributed by atoms with E-state index in [1.165, 1.54) is 27.8 Å². The van der Waals surface area contributed by atoms with E-state index >= 15 is 0 Å². The van der Waals surface area contributed by atoms with Crippen LogP contribution in [0.1, 0.15) is 12.8 Å². The molecule has 0 atom stereocenters. The maximum absolute atomic E-state index is 13.2. The van der Waals surface area contributed by atoms with E-state index in [-0.39, 0.29) is 29.8 Å². The SMILES string of the molecule is C=CCn1c(=NC(=O)C2CCN(S(=O)(=O)c3ccc(F)cc3)CC2)sc2cc(OC)c(OC)cc21. The number of thiazole rings is 1. The maximum atomic E-state index is 13.2. The summed E-state index contributed by atoms with van der Waals surface area (Å²) in [5, 5.41) is 0. The molecule has 1 amide bonds. The average molecular weight is 520 g/mol. The van der Waals surface area contributed by atoms with Crippen molar-refractivity contribution in [2.75, 3.05) is 27.3 Å². The van der Waals surface area contributed by atoms with Crippen molar-refractivity contribution in [2.45, 2.75) is 24.3 Å². The van der Waals surface area contributed by atoms with Crippen LogP contribution in [0.25, 0.3) is 10.2 Å². The molecule has 11 heteroatoms. The summed E-state index contributed by atoms with van der Waals surface area (Å²) in [7, 11) is -0.621. The van der Waals surface area contributed by atoms with Crippen LogP contribution in [0.4, 0.5) is 4.39 Å². The minimum atomic E-state index is -3.74. The quantitative estimate of drug-likeness (QED) is 0.445. The topological polar surface area (TPSA) is 90.2 Å². The maximum Gasteiger partial charge on any atom is 0.251 e. The Kier molecular flexibility index (Phi) is 7.39. The Morgan fingerprint density at radius 2 is 1.80 bits per heavy atom. The number of piperidine rings is 1. The largest absolute Gasteiger partial charge is 0.493 e. The van der Waals surface area contributed by atoms with E-state index in [0.717, 1.165) is 22.3 Å². The van der Waals surface area contributed by atoms with Gasteiger partial charge in [-0.1, -0.05) is 17.4 Å². The molecular weight excluding hydrogens is 493 g/mol. The second-order valence-corrected chi connectivity index (χ2v) is 11.0. The van der Waals surface area contributed by atoms with Gasteiger partial charge in [-0.2, -0.15) is 9.30 Å². The molecule has 0 unspecified atom stereocenters.